The minimum atomic E-state index is -0.829. The molecule has 0 radical (unpaired) electrons. The van der Waals surface area contributed by atoms with Crippen LogP contribution in [0, 0.1) is 29.6 Å². The van der Waals surface area contributed by atoms with Crippen LogP contribution in [-0.2, 0) is 0 Å². The van der Waals surface area contributed by atoms with Crippen molar-refractivity contribution in [1.29, 1.82) is 0 Å². The molecule has 3 N–H and O–H groups in total. The summed E-state index contributed by atoms with van der Waals surface area (Å²) in [5.41, 5.74) is 7.55. The van der Waals surface area contributed by atoms with Gasteiger partial charge in [0.15, 0.2) is 5.03 Å². The van der Waals surface area contributed by atoms with Gasteiger partial charge in [0.1, 0.15) is 12.4 Å². The van der Waals surface area contributed by atoms with Crippen LogP contribution >= 0.6 is 45.2 Å². The average Bonchev–Trinajstić information content (AvgIpc) is 2.36. The smallest absolute Gasteiger partial charge is 0.275 e. The monoisotopic (exact) mass is 513 g/mol. The van der Waals surface area contributed by atoms with E-state index in [1.807, 2.05) is 12.1 Å². The number of terminal acetylenes is 1. The second kappa shape index (κ2) is 8.62. The first-order valence-electron chi connectivity index (χ1n) is 5.27. The largest absolute Gasteiger partial charge is 0.479 e. The van der Waals surface area contributed by atoms with Crippen LogP contribution < -0.4 is 15.9 Å². The summed E-state index contributed by atoms with van der Waals surface area (Å²) in [7, 11) is 0. The molecule has 0 amide bonds. The number of hydrazine groups is 1. The first kappa shape index (κ1) is 17.4. The van der Waals surface area contributed by atoms with Crippen molar-refractivity contribution in [2.45, 2.75) is 0 Å². The van der Waals surface area contributed by atoms with Crippen molar-refractivity contribution in [2.24, 2.45) is 15.9 Å². The molecule has 0 aliphatic rings. The Labute approximate surface area is 147 Å². The lowest BCUT2D eigenvalue weighted by Crippen LogP contribution is -2.35. The highest BCUT2D eigenvalue weighted by Crippen LogP contribution is 2.27. The summed E-state index contributed by atoms with van der Waals surface area (Å²) in [5.74, 6) is 2.51. The van der Waals surface area contributed by atoms with E-state index in [-0.39, 0.29) is 6.61 Å². The van der Waals surface area contributed by atoms with Gasteiger partial charge >= 0.3 is 0 Å². The first-order chi connectivity index (χ1) is 9.93. The van der Waals surface area contributed by atoms with Crippen LogP contribution in [-0.4, -0.2) is 23.8 Å². The number of rotatable bonds is 5. The maximum Gasteiger partial charge on any atom is 0.275 e. The molecule has 0 aliphatic heterocycles. The normalized spacial score (nSPS) is 11.2. The van der Waals surface area contributed by atoms with Crippen molar-refractivity contribution in [1.82, 2.24) is 5.43 Å². The number of guanidine groups is 1. The highest BCUT2D eigenvalue weighted by Gasteiger charge is 2.08. The standard InChI is InChI=1S/C11H9I2N5O3/c1-2-3-21-10-7(4-8(12)5-9(10)13)6-15-16-11(14)17-18(19)20/h1,4-6H,3H2,(H3,14,16,17)/b15-6-. The zero-order valence-electron chi connectivity index (χ0n) is 10.4. The van der Waals surface area contributed by atoms with E-state index in [9.17, 15) is 10.1 Å². The van der Waals surface area contributed by atoms with E-state index < -0.39 is 11.0 Å². The summed E-state index contributed by atoms with van der Waals surface area (Å²) in [6.45, 7) is 0.117. The molecule has 0 aliphatic carbocycles. The number of benzene rings is 1. The van der Waals surface area contributed by atoms with E-state index in [0.717, 1.165) is 7.14 Å². The Balaban J connectivity index is 3.01. The number of nitro groups is 1. The van der Waals surface area contributed by atoms with Gasteiger partial charge in [0.2, 0.25) is 0 Å². The summed E-state index contributed by atoms with van der Waals surface area (Å²) in [6, 6.07) is 3.72. The van der Waals surface area contributed by atoms with Gasteiger partial charge in [0, 0.05) is 9.13 Å². The van der Waals surface area contributed by atoms with Gasteiger partial charge < -0.3 is 10.5 Å². The molecule has 8 nitrogen and oxygen atoms in total. The van der Waals surface area contributed by atoms with E-state index >= 15 is 0 Å². The molecule has 0 saturated heterocycles. The lowest BCUT2D eigenvalue weighted by Gasteiger charge is -2.09. The SMILES string of the molecule is C#CCOc1c(I)cc(I)cc1/C=N\N=C(N)N[N+](=O)[O-]. The van der Waals surface area contributed by atoms with Gasteiger partial charge in [0.25, 0.3) is 5.96 Å². The van der Waals surface area contributed by atoms with Gasteiger partial charge in [-0.15, -0.1) is 11.5 Å². The van der Waals surface area contributed by atoms with Crippen molar-refractivity contribution < 1.29 is 9.77 Å². The number of nitrogens with one attached hydrogen (secondary N) is 1. The van der Waals surface area contributed by atoms with Crippen LogP contribution in [0.15, 0.2) is 22.3 Å². The minimum absolute atomic E-state index is 0.117. The third-order valence-corrected chi connectivity index (χ3v) is 3.33. The topological polar surface area (TPSA) is 115 Å². The van der Waals surface area contributed by atoms with E-state index in [0.29, 0.717) is 11.3 Å². The number of ether oxygens (including phenoxy) is 1. The first-order valence-corrected chi connectivity index (χ1v) is 7.42. The highest BCUT2D eigenvalue weighted by molar-refractivity contribution is 14.1. The van der Waals surface area contributed by atoms with Gasteiger partial charge in [-0.2, -0.15) is 5.10 Å². The van der Waals surface area contributed by atoms with Crippen LogP contribution in [0.1, 0.15) is 5.56 Å². The van der Waals surface area contributed by atoms with Gasteiger partial charge in [-0.25, -0.2) is 10.1 Å². The summed E-state index contributed by atoms with van der Waals surface area (Å²) >= 11 is 4.25. The van der Waals surface area contributed by atoms with Gasteiger partial charge in [0.05, 0.1) is 9.78 Å². The molecule has 1 rings (SSSR count). The number of hydrogen-bond acceptors (Lipinski definition) is 5. The van der Waals surface area contributed by atoms with Crippen molar-refractivity contribution in [3.8, 4) is 18.1 Å². The minimum Gasteiger partial charge on any atom is -0.479 e. The fourth-order valence-electron chi connectivity index (χ4n) is 1.21. The average molecular weight is 513 g/mol. The highest BCUT2D eigenvalue weighted by atomic mass is 127. The number of nitrogens with two attached hydrogens (primary N) is 1. The maximum atomic E-state index is 10.1. The molecule has 0 fully saturated rings. The fraction of sp³-hybridized carbons (Fsp3) is 0.0909. The van der Waals surface area contributed by atoms with Crippen LogP contribution in [0.3, 0.4) is 0 Å². The molecule has 0 spiro atoms. The molecule has 21 heavy (non-hydrogen) atoms. The predicted octanol–water partition coefficient (Wildman–Crippen LogP) is 1.34. The second-order valence-electron chi connectivity index (χ2n) is 3.40. The number of nitrogens with zero attached hydrogens (tertiary/aromatic N) is 3. The predicted molar refractivity (Wildman–Crippen MR) is 95.6 cm³/mol. The Bertz CT molecular complexity index is 639. The Hall–Kier alpha value is -1.62. The third-order valence-electron chi connectivity index (χ3n) is 1.91. The molecule has 0 atom stereocenters. The molecule has 110 valence electrons. The quantitative estimate of drug-likeness (QED) is 0.154. The molecule has 0 saturated carbocycles. The molecule has 10 heteroatoms. The molecular formula is C11H9I2N5O3. The Morgan fingerprint density at radius 3 is 2.95 bits per heavy atom. The summed E-state index contributed by atoms with van der Waals surface area (Å²) in [6.07, 6.45) is 6.55. The van der Waals surface area contributed by atoms with Crippen molar-refractivity contribution in [3.05, 3.63) is 35.0 Å². The van der Waals surface area contributed by atoms with Gasteiger partial charge in [-0.1, -0.05) is 11.3 Å². The maximum absolute atomic E-state index is 10.1. The van der Waals surface area contributed by atoms with Crippen molar-refractivity contribution >= 4 is 57.4 Å². The Kier molecular flexibility index (Phi) is 7.15. The zero-order valence-corrected chi connectivity index (χ0v) is 14.7. The molecule has 0 unspecified atom stereocenters. The lowest BCUT2D eigenvalue weighted by atomic mass is 10.2. The summed E-state index contributed by atoms with van der Waals surface area (Å²) in [5, 5.41) is 16.4. The summed E-state index contributed by atoms with van der Waals surface area (Å²) < 4.78 is 7.28. The van der Waals surface area contributed by atoms with Crippen molar-refractivity contribution in [2.75, 3.05) is 6.61 Å². The third kappa shape index (κ3) is 6.12. The molecular weight excluding hydrogens is 504 g/mol. The molecule has 0 aromatic heterocycles. The number of hydrogen-bond donors (Lipinski definition) is 2. The Morgan fingerprint density at radius 2 is 2.33 bits per heavy atom. The lowest BCUT2D eigenvalue weighted by molar-refractivity contribution is -0.525. The van der Waals surface area contributed by atoms with E-state index in [2.05, 4.69) is 61.3 Å². The van der Waals surface area contributed by atoms with E-state index in [1.54, 1.807) is 5.43 Å². The Morgan fingerprint density at radius 1 is 1.62 bits per heavy atom. The van der Waals surface area contributed by atoms with E-state index in [4.69, 9.17) is 16.9 Å². The van der Waals surface area contributed by atoms with Crippen LogP contribution in [0.4, 0.5) is 0 Å². The molecule has 0 bridgehead atoms. The van der Waals surface area contributed by atoms with E-state index in [1.165, 1.54) is 6.21 Å². The van der Waals surface area contributed by atoms with Gasteiger partial charge in [-0.3, -0.25) is 0 Å². The summed E-state index contributed by atoms with van der Waals surface area (Å²) in [4.78, 5) is 10.1. The molecule has 0 heterocycles. The van der Waals surface area contributed by atoms with Crippen LogP contribution in [0.2, 0.25) is 0 Å². The fourth-order valence-corrected chi connectivity index (χ4v) is 3.26. The number of halogens is 2. The zero-order chi connectivity index (χ0) is 15.8. The molecule has 1 aromatic rings. The van der Waals surface area contributed by atoms with Gasteiger partial charge in [-0.05, 0) is 57.3 Å². The van der Waals surface area contributed by atoms with Crippen molar-refractivity contribution in [3.63, 3.8) is 0 Å². The van der Waals surface area contributed by atoms with Crippen LogP contribution in [0.25, 0.3) is 0 Å². The second-order valence-corrected chi connectivity index (χ2v) is 5.81. The molecule has 1 aromatic carbocycles. The van der Waals surface area contributed by atoms with Crippen LogP contribution in [0.5, 0.6) is 5.75 Å².